The zero-order valence-corrected chi connectivity index (χ0v) is 10.3. The lowest BCUT2D eigenvalue weighted by atomic mass is 10.1. The number of carbonyl (C=O) groups excluding carboxylic acids is 2. The van der Waals surface area contributed by atoms with Gasteiger partial charge in [-0.15, -0.1) is 0 Å². The quantitative estimate of drug-likeness (QED) is 0.756. The molecule has 18 heavy (non-hydrogen) atoms. The van der Waals surface area contributed by atoms with Gasteiger partial charge in [0, 0.05) is 17.8 Å². The average Bonchev–Trinajstić information content (AvgIpc) is 3.09. The number of hydrogen-bond donors (Lipinski definition) is 1. The molecule has 1 aliphatic heterocycles. The topological polar surface area (TPSA) is 49.4 Å². The largest absolute Gasteiger partial charge is 0.345 e. The van der Waals surface area contributed by atoms with E-state index in [1.165, 1.54) is 0 Å². The molecule has 0 saturated heterocycles. The maximum atomic E-state index is 12.2. The molecule has 94 valence electrons. The van der Waals surface area contributed by atoms with Gasteiger partial charge in [0.2, 0.25) is 0 Å². The first-order valence-electron chi connectivity index (χ1n) is 6.39. The van der Waals surface area contributed by atoms with Gasteiger partial charge in [0.25, 0.3) is 0 Å². The van der Waals surface area contributed by atoms with Crippen LogP contribution in [0.3, 0.4) is 0 Å². The second-order valence-corrected chi connectivity index (χ2v) is 5.10. The van der Waals surface area contributed by atoms with Gasteiger partial charge in [-0.25, -0.2) is 0 Å². The Balaban J connectivity index is 1.82. The molecule has 1 fully saturated rings. The summed E-state index contributed by atoms with van der Waals surface area (Å²) in [7, 11) is 0. The Bertz CT molecular complexity index is 508. The third-order valence-corrected chi connectivity index (χ3v) is 3.53. The molecule has 1 aromatic rings. The normalized spacial score (nSPS) is 21.6. The first-order valence-corrected chi connectivity index (χ1v) is 6.39. The number of nitrogens with one attached hydrogen (secondary N) is 1. The summed E-state index contributed by atoms with van der Waals surface area (Å²) >= 11 is 0. The summed E-state index contributed by atoms with van der Waals surface area (Å²) in [5.41, 5.74) is 2.01. The number of fused-ring (bicyclic) bond motifs is 1. The van der Waals surface area contributed by atoms with Crippen molar-refractivity contribution in [1.29, 1.82) is 0 Å². The van der Waals surface area contributed by atoms with Gasteiger partial charge in [0.15, 0.2) is 0 Å². The summed E-state index contributed by atoms with van der Waals surface area (Å²) in [5.74, 6) is -0.902. The number of rotatable bonds is 1. The molecule has 0 radical (unpaired) electrons. The summed E-state index contributed by atoms with van der Waals surface area (Å²) in [6.07, 6.45) is 2.80. The standard InChI is InChI=1S/C14H16N2O2/c1-9-8-10-4-2-3-5-12(10)16(9)14(18)13(17)15-11-6-7-11/h2-5,9,11H,6-8H2,1H3,(H,15,17). The van der Waals surface area contributed by atoms with Crippen molar-refractivity contribution in [3.63, 3.8) is 0 Å². The number of hydrogen-bond acceptors (Lipinski definition) is 2. The Morgan fingerprint density at radius 3 is 2.72 bits per heavy atom. The van der Waals surface area contributed by atoms with Crippen molar-refractivity contribution in [3.05, 3.63) is 29.8 Å². The Morgan fingerprint density at radius 1 is 1.28 bits per heavy atom. The van der Waals surface area contributed by atoms with Crippen LogP contribution in [0.2, 0.25) is 0 Å². The molecule has 2 aliphatic rings. The first kappa shape index (κ1) is 11.3. The third kappa shape index (κ3) is 1.88. The van der Waals surface area contributed by atoms with E-state index < -0.39 is 11.8 Å². The monoisotopic (exact) mass is 244 g/mol. The van der Waals surface area contributed by atoms with Crippen molar-refractivity contribution in [1.82, 2.24) is 5.32 Å². The molecule has 1 aliphatic carbocycles. The molecule has 2 amide bonds. The van der Waals surface area contributed by atoms with Gasteiger partial charge in [-0.1, -0.05) is 18.2 Å². The van der Waals surface area contributed by atoms with Gasteiger partial charge < -0.3 is 10.2 Å². The average molecular weight is 244 g/mol. The molecule has 1 aromatic carbocycles. The highest BCUT2D eigenvalue weighted by molar-refractivity contribution is 6.40. The molecule has 1 unspecified atom stereocenters. The Kier molecular flexibility index (Phi) is 2.58. The van der Waals surface area contributed by atoms with Crippen molar-refractivity contribution in [2.24, 2.45) is 0 Å². The summed E-state index contributed by atoms with van der Waals surface area (Å²) in [6.45, 7) is 1.97. The van der Waals surface area contributed by atoms with Crippen LogP contribution < -0.4 is 10.2 Å². The minimum absolute atomic E-state index is 0.0554. The van der Waals surface area contributed by atoms with E-state index in [1.807, 2.05) is 31.2 Å². The Labute approximate surface area is 106 Å². The lowest BCUT2D eigenvalue weighted by Crippen LogP contribution is -2.46. The molecule has 0 spiro atoms. The molecular weight excluding hydrogens is 228 g/mol. The number of anilines is 1. The van der Waals surface area contributed by atoms with Crippen LogP contribution in [0.15, 0.2) is 24.3 Å². The maximum Gasteiger partial charge on any atom is 0.316 e. The van der Waals surface area contributed by atoms with Crippen LogP contribution in [-0.4, -0.2) is 23.9 Å². The second kappa shape index (κ2) is 4.12. The smallest absolute Gasteiger partial charge is 0.316 e. The Morgan fingerprint density at radius 2 is 2.00 bits per heavy atom. The van der Waals surface area contributed by atoms with E-state index in [0.717, 1.165) is 30.5 Å². The van der Waals surface area contributed by atoms with Crippen molar-refractivity contribution in [3.8, 4) is 0 Å². The molecule has 1 atom stereocenters. The fourth-order valence-electron chi connectivity index (χ4n) is 2.46. The van der Waals surface area contributed by atoms with Crippen LogP contribution >= 0.6 is 0 Å². The number of carbonyl (C=O) groups is 2. The van der Waals surface area contributed by atoms with Crippen LogP contribution in [-0.2, 0) is 16.0 Å². The van der Waals surface area contributed by atoms with Crippen LogP contribution in [0.25, 0.3) is 0 Å². The zero-order valence-electron chi connectivity index (χ0n) is 10.3. The van der Waals surface area contributed by atoms with Gasteiger partial charge in [-0.3, -0.25) is 9.59 Å². The SMILES string of the molecule is CC1Cc2ccccc2N1C(=O)C(=O)NC1CC1. The van der Waals surface area contributed by atoms with E-state index in [9.17, 15) is 9.59 Å². The van der Waals surface area contributed by atoms with E-state index >= 15 is 0 Å². The maximum absolute atomic E-state index is 12.2. The minimum atomic E-state index is -0.471. The Hall–Kier alpha value is -1.84. The lowest BCUT2D eigenvalue weighted by Gasteiger charge is -2.21. The molecular formula is C14H16N2O2. The van der Waals surface area contributed by atoms with Crippen molar-refractivity contribution < 1.29 is 9.59 Å². The number of nitrogens with zero attached hydrogens (tertiary/aromatic N) is 1. The van der Waals surface area contributed by atoms with Gasteiger partial charge >= 0.3 is 11.8 Å². The van der Waals surface area contributed by atoms with E-state index in [1.54, 1.807) is 4.90 Å². The molecule has 1 heterocycles. The zero-order chi connectivity index (χ0) is 12.7. The highest BCUT2D eigenvalue weighted by atomic mass is 16.2. The molecule has 1 saturated carbocycles. The predicted molar refractivity (Wildman–Crippen MR) is 68.3 cm³/mol. The fraction of sp³-hybridized carbons (Fsp3) is 0.429. The van der Waals surface area contributed by atoms with Gasteiger partial charge in [-0.05, 0) is 37.8 Å². The summed E-state index contributed by atoms with van der Waals surface area (Å²) in [5, 5.41) is 2.75. The number of benzene rings is 1. The van der Waals surface area contributed by atoms with Crippen molar-refractivity contribution in [2.75, 3.05) is 4.90 Å². The fourth-order valence-corrected chi connectivity index (χ4v) is 2.46. The lowest BCUT2D eigenvalue weighted by molar-refractivity contribution is -0.137. The van der Waals surface area contributed by atoms with E-state index in [-0.39, 0.29) is 12.1 Å². The van der Waals surface area contributed by atoms with E-state index in [2.05, 4.69) is 5.32 Å². The van der Waals surface area contributed by atoms with E-state index in [4.69, 9.17) is 0 Å². The molecule has 3 rings (SSSR count). The van der Waals surface area contributed by atoms with Crippen molar-refractivity contribution >= 4 is 17.5 Å². The van der Waals surface area contributed by atoms with Crippen LogP contribution in [0.5, 0.6) is 0 Å². The number of amides is 2. The van der Waals surface area contributed by atoms with Crippen LogP contribution in [0, 0.1) is 0 Å². The molecule has 0 aromatic heterocycles. The number of para-hydroxylation sites is 1. The highest BCUT2D eigenvalue weighted by Gasteiger charge is 2.35. The predicted octanol–water partition coefficient (Wildman–Crippen LogP) is 1.24. The van der Waals surface area contributed by atoms with E-state index in [0.29, 0.717) is 0 Å². The molecule has 0 bridgehead atoms. The molecule has 1 N–H and O–H groups in total. The minimum Gasteiger partial charge on any atom is -0.345 e. The third-order valence-electron chi connectivity index (χ3n) is 3.53. The van der Waals surface area contributed by atoms with Gasteiger partial charge in [0.1, 0.15) is 0 Å². The van der Waals surface area contributed by atoms with Gasteiger partial charge in [0.05, 0.1) is 0 Å². The first-order chi connectivity index (χ1) is 8.66. The van der Waals surface area contributed by atoms with Gasteiger partial charge in [-0.2, -0.15) is 0 Å². The summed E-state index contributed by atoms with van der Waals surface area (Å²) in [6, 6.07) is 8.05. The van der Waals surface area contributed by atoms with Crippen LogP contribution in [0.1, 0.15) is 25.3 Å². The van der Waals surface area contributed by atoms with Crippen molar-refractivity contribution in [2.45, 2.75) is 38.3 Å². The molecule has 4 heteroatoms. The highest BCUT2D eigenvalue weighted by Crippen LogP contribution is 2.31. The second-order valence-electron chi connectivity index (χ2n) is 5.10. The van der Waals surface area contributed by atoms with Crippen LogP contribution in [0.4, 0.5) is 5.69 Å². The summed E-state index contributed by atoms with van der Waals surface area (Å²) in [4.78, 5) is 25.6. The summed E-state index contributed by atoms with van der Waals surface area (Å²) < 4.78 is 0. The molecule has 4 nitrogen and oxygen atoms in total.